The minimum absolute atomic E-state index is 0.271. The predicted molar refractivity (Wildman–Crippen MR) is 141 cm³/mol. The van der Waals surface area contributed by atoms with Crippen molar-refractivity contribution in [1.82, 2.24) is 9.80 Å². The van der Waals surface area contributed by atoms with Crippen molar-refractivity contribution in [2.24, 2.45) is 0 Å². The van der Waals surface area contributed by atoms with Gasteiger partial charge in [0.2, 0.25) is 10.0 Å². The molecule has 0 aliphatic heterocycles. The molecule has 0 saturated heterocycles. The van der Waals surface area contributed by atoms with Crippen molar-refractivity contribution in [3.8, 4) is 5.75 Å². The lowest BCUT2D eigenvalue weighted by molar-refractivity contribution is 0.171. The number of amides is 1. The summed E-state index contributed by atoms with van der Waals surface area (Å²) < 4.78 is 37.3. The van der Waals surface area contributed by atoms with Gasteiger partial charge in [0.05, 0.1) is 11.9 Å². The molecule has 0 aliphatic carbocycles. The average Bonchev–Trinajstić information content (AvgIpc) is 2.78. The molecule has 1 N–H and O–H groups in total. The third-order valence-corrected chi connectivity index (χ3v) is 6.65. The molecule has 2 aromatic carbocycles. The van der Waals surface area contributed by atoms with E-state index in [0.717, 1.165) is 40.4 Å². The summed E-state index contributed by atoms with van der Waals surface area (Å²) in [5.41, 5.74) is 3.91. The average molecular weight is 516 g/mol. The van der Waals surface area contributed by atoms with Crippen LogP contribution in [0.2, 0.25) is 0 Å². The minimum Gasteiger partial charge on any atom is -0.422 e. The number of aryl methyl sites for hydroxylation is 1. The standard InChI is InChI=1S/C26H33N3O6S/c1-8-29(6)15-21-19-12-16(2)23(35-26(31)28(4)5)14-24(19)34-25(30)20(21)13-18-10-9-11-22(17(18)3)27-36(7,32)33/h9-12,14,27H,8,13,15H2,1-7H3. The first-order valence-electron chi connectivity index (χ1n) is 11.5. The number of carbonyl (C=O) groups excluding carboxylic acids is 1. The van der Waals surface area contributed by atoms with Crippen LogP contribution >= 0.6 is 0 Å². The molecule has 3 aromatic rings. The summed E-state index contributed by atoms with van der Waals surface area (Å²) >= 11 is 0. The van der Waals surface area contributed by atoms with E-state index in [-0.39, 0.29) is 6.42 Å². The molecular formula is C26H33N3O6S. The van der Waals surface area contributed by atoms with E-state index < -0.39 is 21.7 Å². The number of nitrogens with one attached hydrogen (secondary N) is 1. The third kappa shape index (κ3) is 6.24. The highest BCUT2D eigenvalue weighted by Crippen LogP contribution is 2.31. The normalized spacial score (nSPS) is 11.7. The van der Waals surface area contributed by atoms with Crippen LogP contribution in [0.15, 0.2) is 39.5 Å². The number of hydrogen-bond donors (Lipinski definition) is 1. The first kappa shape index (κ1) is 27.2. The smallest absolute Gasteiger partial charge is 0.414 e. The molecule has 1 aromatic heterocycles. The molecule has 0 fully saturated rings. The highest BCUT2D eigenvalue weighted by Gasteiger charge is 2.20. The fourth-order valence-corrected chi connectivity index (χ4v) is 4.47. The fourth-order valence-electron chi connectivity index (χ4n) is 3.85. The summed E-state index contributed by atoms with van der Waals surface area (Å²) in [5, 5.41) is 0.759. The van der Waals surface area contributed by atoms with Crippen molar-refractivity contribution >= 4 is 32.8 Å². The number of anilines is 1. The van der Waals surface area contributed by atoms with Crippen LogP contribution in [0, 0.1) is 13.8 Å². The van der Waals surface area contributed by atoms with Crippen LogP contribution in [0.4, 0.5) is 10.5 Å². The number of sulfonamides is 1. The Kier molecular flexibility index (Phi) is 8.10. The van der Waals surface area contributed by atoms with Crippen molar-refractivity contribution in [2.45, 2.75) is 33.7 Å². The third-order valence-electron chi connectivity index (χ3n) is 6.05. The summed E-state index contributed by atoms with van der Waals surface area (Å²) in [6.07, 6.45) is 0.843. The van der Waals surface area contributed by atoms with E-state index in [1.807, 2.05) is 40.0 Å². The molecule has 1 heterocycles. The Morgan fingerprint density at radius 2 is 1.81 bits per heavy atom. The zero-order valence-electron chi connectivity index (χ0n) is 21.8. The second kappa shape index (κ2) is 10.7. The molecule has 0 aliphatic rings. The van der Waals surface area contributed by atoms with E-state index >= 15 is 0 Å². The van der Waals surface area contributed by atoms with Gasteiger partial charge in [0.25, 0.3) is 0 Å². The largest absolute Gasteiger partial charge is 0.422 e. The van der Waals surface area contributed by atoms with E-state index in [1.54, 1.807) is 32.3 Å². The summed E-state index contributed by atoms with van der Waals surface area (Å²) in [7, 11) is 1.69. The molecule has 0 spiro atoms. The van der Waals surface area contributed by atoms with Crippen molar-refractivity contribution in [1.29, 1.82) is 0 Å². The van der Waals surface area contributed by atoms with Crippen LogP contribution in [0.1, 0.15) is 34.7 Å². The lowest BCUT2D eigenvalue weighted by Gasteiger charge is -2.20. The Bertz CT molecular complexity index is 1460. The maximum Gasteiger partial charge on any atom is 0.414 e. The molecule has 1 amide bonds. The van der Waals surface area contributed by atoms with Crippen molar-refractivity contribution in [3.05, 3.63) is 68.6 Å². The van der Waals surface area contributed by atoms with Crippen LogP contribution in [0.3, 0.4) is 0 Å². The number of rotatable bonds is 8. The quantitative estimate of drug-likeness (QED) is 0.454. The molecule has 36 heavy (non-hydrogen) atoms. The van der Waals surface area contributed by atoms with Gasteiger partial charge in [-0.25, -0.2) is 18.0 Å². The van der Waals surface area contributed by atoms with Gasteiger partial charge in [-0.15, -0.1) is 0 Å². The molecule has 0 unspecified atom stereocenters. The summed E-state index contributed by atoms with van der Waals surface area (Å²) in [6, 6.07) is 8.76. The molecule has 3 rings (SSSR count). The molecular weight excluding hydrogens is 482 g/mol. The highest BCUT2D eigenvalue weighted by molar-refractivity contribution is 7.92. The maximum atomic E-state index is 13.3. The molecule has 0 saturated carbocycles. The van der Waals surface area contributed by atoms with Gasteiger partial charge >= 0.3 is 11.7 Å². The van der Waals surface area contributed by atoms with Gasteiger partial charge in [-0.2, -0.15) is 0 Å². The summed E-state index contributed by atoms with van der Waals surface area (Å²) in [6.45, 7) is 6.96. The van der Waals surface area contributed by atoms with Crippen LogP contribution in [0.25, 0.3) is 11.0 Å². The number of hydrogen-bond acceptors (Lipinski definition) is 7. The molecule has 0 radical (unpaired) electrons. The second-order valence-electron chi connectivity index (χ2n) is 9.19. The minimum atomic E-state index is -3.45. The van der Waals surface area contributed by atoms with Gasteiger partial charge in [0.1, 0.15) is 11.3 Å². The first-order valence-corrected chi connectivity index (χ1v) is 13.4. The van der Waals surface area contributed by atoms with Crippen LogP contribution < -0.4 is 15.1 Å². The van der Waals surface area contributed by atoms with Crippen molar-refractivity contribution in [2.75, 3.05) is 38.7 Å². The zero-order chi connectivity index (χ0) is 26.8. The Hall–Kier alpha value is -3.37. The number of fused-ring (bicyclic) bond motifs is 1. The van der Waals surface area contributed by atoms with Gasteiger partial charge < -0.3 is 19.0 Å². The topological polar surface area (TPSA) is 109 Å². The number of ether oxygens (including phenoxy) is 1. The Balaban J connectivity index is 2.17. The van der Waals surface area contributed by atoms with Crippen molar-refractivity contribution in [3.63, 3.8) is 0 Å². The van der Waals surface area contributed by atoms with Gasteiger partial charge in [0, 0.05) is 44.1 Å². The van der Waals surface area contributed by atoms with Crippen molar-refractivity contribution < 1.29 is 22.4 Å². The van der Waals surface area contributed by atoms with Gasteiger partial charge in [0.15, 0.2) is 0 Å². The van der Waals surface area contributed by atoms with Gasteiger partial charge in [-0.1, -0.05) is 19.1 Å². The second-order valence-corrected chi connectivity index (χ2v) is 10.9. The lowest BCUT2D eigenvalue weighted by Crippen LogP contribution is -2.25. The molecule has 0 bridgehead atoms. The molecule has 0 atom stereocenters. The van der Waals surface area contributed by atoms with E-state index in [0.29, 0.717) is 29.1 Å². The van der Waals surface area contributed by atoms with E-state index in [1.165, 1.54) is 4.90 Å². The van der Waals surface area contributed by atoms with Crippen LogP contribution in [-0.4, -0.2) is 58.3 Å². The fraction of sp³-hybridized carbons (Fsp3) is 0.385. The number of carbonyl (C=O) groups is 1. The lowest BCUT2D eigenvalue weighted by atomic mass is 9.94. The van der Waals surface area contributed by atoms with Crippen LogP contribution in [-0.2, 0) is 23.0 Å². The maximum absolute atomic E-state index is 13.3. The number of benzene rings is 2. The predicted octanol–water partition coefficient (Wildman–Crippen LogP) is 3.88. The summed E-state index contributed by atoms with van der Waals surface area (Å²) in [5.74, 6) is 0.322. The van der Waals surface area contributed by atoms with Crippen LogP contribution in [0.5, 0.6) is 5.75 Å². The Morgan fingerprint density at radius 1 is 1.11 bits per heavy atom. The SMILES string of the molecule is CCN(C)Cc1c(Cc2cccc(NS(C)(=O)=O)c2C)c(=O)oc2cc(OC(=O)N(C)C)c(C)cc12. The number of nitrogens with zero attached hydrogens (tertiary/aromatic N) is 2. The van der Waals surface area contributed by atoms with E-state index in [4.69, 9.17) is 9.15 Å². The Labute approximate surface area is 211 Å². The summed E-state index contributed by atoms with van der Waals surface area (Å²) in [4.78, 5) is 28.8. The van der Waals surface area contributed by atoms with Gasteiger partial charge in [-0.3, -0.25) is 4.72 Å². The first-order chi connectivity index (χ1) is 16.8. The van der Waals surface area contributed by atoms with Gasteiger partial charge in [-0.05, 0) is 61.8 Å². The highest BCUT2D eigenvalue weighted by atomic mass is 32.2. The zero-order valence-corrected chi connectivity index (χ0v) is 22.6. The van der Waals surface area contributed by atoms with E-state index in [9.17, 15) is 18.0 Å². The monoisotopic (exact) mass is 515 g/mol. The molecule has 194 valence electrons. The van der Waals surface area contributed by atoms with E-state index in [2.05, 4.69) is 9.62 Å². The molecule has 10 heteroatoms. The Morgan fingerprint density at radius 3 is 2.42 bits per heavy atom. The molecule has 9 nitrogen and oxygen atoms in total.